The first-order chi connectivity index (χ1) is 8.17. The lowest BCUT2D eigenvalue weighted by atomic mass is 10.0. The molecule has 0 fully saturated rings. The fourth-order valence-corrected chi connectivity index (χ4v) is 1.55. The molecule has 100 valence electrons. The molecule has 0 saturated carbocycles. The van der Waals surface area contributed by atoms with Crippen molar-refractivity contribution in [1.82, 2.24) is 0 Å². The Balaban J connectivity index is 3.83. The normalized spacial score (nSPS) is 14.1. The molecule has 2 atom stereocenters. The van der Waals surface area contributed by atoms with Crippen molar-refractivity contribution in [2.24, 2.45) is 0 Å². The molecule has 0 aliphatic rings. The molecule has 0 aromatic carbocycles. The van der Waals surface area contributed by atoms with Gasteiger partial charge in [-0.2, -0.15) is 0 Å². The molecule has 17 heavy (non-hydrogen) atoms. The van der Waals surface area contributed by atoms with Gasteiger partial charge in [0.2, 0.25) is 0 Å². The van der Waals surface area contributed by atoms with Crippen LogP contribution >= 0.6 is 0 Å². The number of aliphatic hydroxyl groups is 2. The number of Topliss-reactive ketones (excluding diaryl/α,β-unsaturated/α-hetero) is 1. The Morgan fingerprint density at radius 1 is 1.29 bits per heavy atom. The monoisotopic (exact) mass is 246 g/mol. The minimum atomic E-state index is -1.42. The molecule has 5 heteroatoms. The van der Waals surface area contributed by atoms with Crippen LogP contribution in [0.4, 0.5) is 0 Å². The smallest absolute Gasteiger partial charge is 0.293 e. The fraction of sp³-hybridized carbons (Fsp3) is 0.833. The predicted octanol–water partition coefficient (Wildman–Crippen LogP) is 0.811. The SMILES string of the molecule is CCCCCCCC(=O)C(O)C(CO)OC=O. The Labute approximate surface area is 102 Å². The molecule has 0 saturated heterocycles. The Kier molecular flexibility index (Phi) is 9.66. The van der Waals surface area contributed by atoms with E-state index >= 15 is 0 Å². The number of carbonyl (C=O) groups excluding carboxylic acids is 2. The number of hydrogen-bond donors (Lipinski definition) is 2. The van der Waals surface area contributed by atoms with Crippen LogP contribution in [0, 0.1) is 0 Å². The number of hydrogen-bond acceptors (Lipinski definition) is 5. The number of unbranched alkanes of at least 4 members (excludes halogenated alkanes) is 4. The van der Waals surface area contributed by atoms with Crippen LogP contribution in [0.1, 0.15) is 45.4 Å². The molecule has 0 heterocycles. The molecule has 0 aliphatic carbocycles. The molecule has 0 amide bonds. The van der Waals surface area contributed by atoms with Crippen molar-refractivity contribution in [2.45, 2.75) is 57.7 Å². The minimum Gasteiger partial charge on any atom is -0.459 e. The van der Waals surface area contributed by atoms with E-state index in [1.54, 1.807) is 0 Å². The predicted molar refractivity (Wildman–Crippen MR) is 62.4 cm³/mol. The zero-order valence-corrected chi connectivity index (χ0v) is 10.3. The van der Waals surface area contributed by atoms with Gasteiger partial charge in [0.25, 0.3) is 6.47 Å². The van der Waals surface area contributed by atoms with Gasteiger partial charge in [0.05, 0.1) is 6.61 Å². The summed E-state index contributed by atoms with van der Waals surface area (Å²) in [5.41, 5.74) is 0. The van der Waals surface area contributed by atoms with Crippen LogP contribution in [-0.4, -0.2) is 41.3 Å². The molecule has 0 aliphatic heterocycles. The maximum absolute atomic E-state index is 11.5. The van der Waals surface area contributed by atoms with E-state index in [-0.39, 0.29) is 18.7 Å². The highest BCUT2D eigenvalue weighted by Crippen LogP contribution is 2.09. The summed E-state index contributed by atoms with van der Waals surface area (Å²) in [6, 6.07) is 0. The lowest BCUT2D eigenvalue weighted by Crippen LogP contribution is -2.38. The van der Waals surface area contributed by atoms with Gasteiger partial charge in [-0.05, 0) is 6.42 Å². The number of aliphatic hydroxyl groups excluding tert-OH is 2. The lowest BCUT2D eigenvalue weighted by molar-refractivity contribution is -0.149. The van der Waals surface area contributed by atoms with Crippen LogP contribution in [0.15, 0.2) is 0 Å². The fourth-order valence-electron chi connectivity index (χ4n) is 1.55. The molecule has 0 aromatic rings. The van der Waals surface area contributed by atoms with Gasteiger partial charge >= 0.3 is 0 Å². The van der Waals surface area contributed by atoms with Gasteiger partial charge in [-0.15, -0.1) is 0 Å². The molecule has 0 aromatic heterocycles. The third-order valence-corrected chi connectivity index (χ3v) is 2.62. The summed E-state index contributed by atoms with van der Waals surface area (Å²) < 4.78 is 4.42. The van der Waals surface area contributed by atoms with Crippen LogP contribution < -0.4 is 0 Å². The van der Waals surface area contributed by atoms with Gasteiger partial charge in [-0.1, -0.05) is 32.6 Å². The molecule has 5 nitrogen and oxygen atoms in total. The van der Waals surface area contributed by atoms with Crippen LogP contribution in [0.5, 0.6) is 0 Å². The summed E-state index contributed by atoms with van der Waals surface area (Å²) in [6.07, 6.45) is 2.71. The standard InChI is InChI=1S/C12H22O5/c1-2-3-4-5-6-7-10(15)12(16)11(8-13)17-9-14/h9,11-13,16H,2-8H2,1H3. The summed E-state index contributed by atoms with van der Waals surface area (Å²) in [5, 5.41) is 18.3. The minimum absolute atomic E-state index is 0.124. The number of carbonyl (C=O) groups is 2. The van der Waals surface area contributed by atoms with Crippen molar-refractivity contribution in [3.05, 3.63) is 0 Å². The zero-order chi connectivity index (χ0) is 13.1. The first-order valence-electron chi connectivity index (χ1n) is 6.08. The van der Waals surface area contributed by atoms with Crippen molar-refractivity contribution < 1.29 is 24.5 Å². The van der Waals surface area contributed by atoms with Crippen LogP contribution in [0.25, 0.3) is 0 Å². The van der Waals surface area contributed by atoms with Gasteiger partial charge in [-0.25, -0.2) is 0 Å². The highest BCUT2D eigenvalue weighted by molar-refractivity contribution is 5.83. The number of ether oxygens (including phenoxy) is 1. The van der Waals surface area contributed by atoms with Crippen molar-refractivity contribution in [3.8, 4) is 0 Å². The summed E-state index contributed by atoms with van der Waals surface area (Å²) >= 11 is 0. The molecule has 0 bridgehead atoms. The highest BCUT2D eigenvalue weighted by Gasteiger charge is 2.26. The maximum Gasteiger partial charge on any atom is 0.293 e. The van der Waals surface area contributed by atoms with Gasteiger partial charge in [-0.3, -0.25) is 9.59 Å². The summed E-state index contributed by atoms with van der Waals surface area (Å²) in [6.45, 7) is 1.68. The van der Waals surface area contributed by atoms with E-state index < -0.39 is 18.8 Å². The Hall–Kier alpha value is -0.940. The maximum atomic E-state index is 11.5. The largest absolute Gasteiger partial charge is 0.459 e. The topological polar surface area (TPSA) is 83.8 Å². The average molecular weight is 246 g/mol. The first kappa shape index (κ1) is 16.1. The van der Waals surface area contributed by atoms with Crippen LogP contribution in [-0.2, 0) is 14.3 Å². The van der Waals surface area contributed by atoms with Gasteiger partial charge in [0, 0.05) is 6.42 Å². The molecule has 2 N–H and O–H groups in total. The second-order valence-electron chi connectivity index (χ2n) is 4.03. The van der Waals surface area contributed by atoms with Crippen molar-refractivity contribution in [1.29, 1.82) is 0 Å². The second kappa shape index (κ2) is 10.2. The zero-order valence-electron chi connectivity index (χ0n) is 10.3. The average Bonchev–Trinajstić information content (AvgIpc) is 2.34. The Morgan fingerprint density at radius 2 is 1.94 bits per heavy atom. The Morgan fingerprint density at radius 3 is 2.47 bits per heavy atom. The summed E-state index contributed by atoms with van der Waals surface area (Å²) in [4.78, 5) is 21.6. The van der Waals surface area contributed by atoms with Crippen molar-refractivity contribution in [2.75, 3.05) is 6.61 Å². The first-order valence-corrected chi connectivity index (χ1v) is 6.08. The molecular weight excluding hydrogens is 224 g/mol. The van der Waals surface area contributed by atoms with Crippen molar-refractivity contribution >= 4 is 12.3 Å². The molecule has 0 rings (SSSR count). The molecule has 0 spiro atoms. The summed E-state index contributed by atoms with van der Waals surface area (Å²) in [5.74, 6) is -0.387. The van der Waals surface area contributed by atoms with Crippen LogP contribution in [0.2, 0.25) is 0 Å². The van der Waals surface area contributed by atoms with Crippen molar-refractivity contribution in [3.63, 3.8) is 0 Å². The number of ketones is 1. The van der Waals surface area contributed by atoms with Gasteiger partial charge < -0.3 is 14.9 Å². The van der Waals surface area contributed by atoms with E-state index in [9.17, 15) is 14.7 Å². The summed E-state index contributed by atoms with van der Waals surface area (Å²) in [7, 11) is 0. The van der Waals surface area contributed by atoms with E-state index in [1.165, 1.54) is 0 Å². The van der Waals surface area contributed by atoms with Crippen LogP contribution in [0.3, 0.4) is 0 Å². The number of rotatable bonds is 11. The third kappa shape index (κ3) is 7.07. The molecular formula is C12H22O5. The van der Waals surface area contributed by atoms with E-state index in [0.717, 1.165) is 32.1 Å². The quantitative estimate of drug-likeness (QED) is 0.416. The third-order valence-electron chi connectivity index (χ3n) is 2.62. The van der Waals surface area contributed by atoms with E-state index in [2.05, 4.69) is 11.7 Å². The molecule has 0 radical (unpaired) electrons. The van der Waals surface area contributed by atoms with Gasteiger partial charge in [0.15, 0.2) is 18.0 Å². The van der Waals surface area contributed by atoms with Gasteiger partial charge in [0.1, 0.15) is 0 Å². The highest BCUT2D eigenvalue weighted by atomic mass is 16.5. The lowest BCUT2D eigenvalue weighted by Gasteiger charge is -2.17. The van der Waals surface area contributed by atoms with E-state index in [4.69, 9.17) is 5.11 Å². The second-order valence-corrected chi connectivity index (χ2v) is 4.03. The van der Waals surface area contributed by atoms with E-state index in [0.29, 0.717) is 0 Å². The Bertz CT molecular complexity index is 217. The van der Waals surface area contributed by atoms with E-state index in [1.807, 2.05) is 0 Å². The molecule has 2 unspecified atom stereocenters.